The molecular formula is C8H9N5O2. The van der Waals surface area contributed by atoms with E-state index in [2.05, 4.69) is 4.99 Å². The fourth-order valence-electron chi connectivity index (χ4n) is 0.811. The SMILES string of the molecule is N=C(N=Cc1ccccc1)N(N)[N+](=O)[O-]. The summed E-state index contributed by atoms with van der Waals surface area (Å²) in [6, 6.07) is 8.92. The minimum absolute atomic E-state index is 0.0411. The Morgan fingerprint density at radius 3 is 2.67 bits per heavy atom. The van der Waals surface area contributed by atoms with Crippen LogP contribution in [0, 0.1) is 15.5 Å². The Hall–Kier alpha value is -2.28. The van der Waals surface area contributed by atoms with Crippen LogP contribution in [0.4, 0.5) is 0 Å². The van der Waals surface area contributed by atoms with E-state index in [1.54, 1.807) is 24.3 Å². The van der Waals surface area contributed by atoms with E-state index in [1.165, 1.54) is 6.21 Å². The fraction of sp³-hybridized carbons (Fsp3) is 0. The molecule has 7 heteroatoms. The van der Waals surface area contributed by atoms with Gasteiger partial charge >= 0.3 is 5.96 Å². The van der Waals surface area contributed by atoms with Crippen LogP contribution >= 0.6 is 0 Å². The van der Waals surface area contributed by atoms with Crippen molar-refractivity contribution in [3.05, 3.63) is 46.0 Å². The van der Waals surface area contributed by atoms with Gasteiger partial charge in [0.05, 0.1) is 0 Å². The molecule has 1 aromatic rings. The van der Waals surface area contributed by atoms with Crippen molar-refractivity contribution in [2.75, 3.05) is 0 Å². The first kappa shape index (κ1) is 10.8. The summed E-state index contributed by atoms with van der Waals surface area (Å²) in [5, 5.41) is 16.4. The number of hydrogen-bond acceptors (Lipinski definition) is 4. The van der Waals surface area contributed by atoms with Crippen molar-refractivity contribution in [3.8, 4) is 0 Å². The van der Waals surface area contributed by atoms with Gasteiger partial charge < -0.3 is 0 Å². The number of guanidine groups is 1. The Labute approximate surface area is 85.4 Å². The average molecular weight is 207 g/mol. The van der Waals surface area contributed by atoms with Gasteiger partial charge in [-0.2, -0.15) is 5.84 Å². The topological polar surface area (TPSA) is 109 Å². The third-order valence-electron chi connectivity index (χ3n) is 1.53. The number of benzene rings is 1. The zero-order valence-electron chi connectivity index (χ0n) is 7.70. The van der Waals surface area contributed by atoms with E-state index in [-0.39, 0.29) is 5.12 Å². The Morgan fingerprint density at radius 1 is 1.53 bits per heavy atom. The molecular weight excluding hydrogens is 198 g/mol. The molecule has 3 N–H and O–H groups in total. The normalized spacial score (nSPS) is 10.2. The molecule has 0 fully saturated rings. The largest absolute Gasteiger partial charge is 0.300 e. The second kappa shape index (κ2) is 4.82. The standard InChI is InChI=1S/C8H9N5O2/c9-8(12(10)13(14)15)11-6-7-4-2-1-3-5-7/h1-6,9H,10H2. The fourth-order valence-corrected chi connectivity index (χ4v) is 0.811. The Balaban J connectivity index is 2.67. The molecule has 0 atom stereocenters. The molecule has 0 bridgehead atoms. The first-order valence-electron chi connectivity index (χ1n) is 3.98. The predicted octanol–water partition coefficient (Wildman–Crippen LogP) is 0.408. The summed E-state index contributed by atoms with van der Waals surface area (Å²) in [7, 11) is 0. The number of rotatable bonds is 2. The van der Waals surface area contributed by atoms with E-state index in [9.17, 15) is 10.1 Å². The van der Waals surface area contributed by atoms with Crippen molar-refractivity contribution in [3.63, 3.8) is 0 Å². The molecule has 0 aromatic heterocycles. The van der Waals surface area contributed by atoms with Gasteiger partial charge in [-0.05, 0) is 5.56 Å². The van der Waals surface area contributed by atoms with Gasteiger partial charge in [0.15, 0.2) is 5.03 Å². The molecule has 78 valence electrons. The highest BCUT2D eigenvalue weighted by atomic mass is 16.7. The molecule has 0 heterocycles. The minimum atomic E-state index is -0.926. The zero-order chi connectivity index (χ0) is 11.3. The minimum Gasteiger partial charge on any atom is -0.261 e. The van der Waals surface area contributed by atoms with Crippen molar-refractivity contribution in [1.82, 2.24) is 5.12 Å². The molecule has 0 aliphatic heterocycles. The van der Waals surface area contributed by atoms with Gasteiger partial charge in [0.25, 0.3) is 0 Å². The van der Waals surface area contributed by atoms with Crippen LogP contribution in [-0.4, -0.2) is 22.3 Å². The summed E-state index contributed by atoms with van der Waals surface area (Å²) in [6.07, 6.45) is 1.33. The lowest BCUT2D eigenvalue weighted by molar-refractivity contribution is -0.632. The van der Waals surface area contributed by atoms with Gasteiger partial charge in [0, 0.05) is 11.3 Å². The van der Waals surface area contributed by atoms with Gasteiger partial charge in [-0.3, -0.25) is 5.41 Å². The molecule has 0 unspecified atom stereocenters. The van der Waals surface area contributed by atoms with E-state index >= 15 is 0 Å². The van der Waals surface area contributed by atoms with E-state index in [1.807, 2.05) is 6.07 Å². The second-order valence-corrected chi connectivity index (χ2v) is 2.57. The summed E-state index contributed by atoms with van der Waals surface area (Å²) >= 11 is 0. The number of nitro groups is 1. The molecule has 0 radical (unpaired) electrons. The van der Waals surface area contributed by atoms with Crippen LogP contribution in [0.3, 0.4) is 0 Å². The van der Waals surface area contributed by atoms with Gasteiger partial charge in [-0.25, -0.2) is 15.1 Å². The molecule has 7 nitrogen and oxygen atoms in total. The maximum absolute atomic E-state index is 10.1. The van der Waals surface area contributed by atoms with Crippen LogP contribution in [0.25, 0.3) is 0 Å². The second-order valence-electron chi connectivity index (χ2n) is 2.57. The number of aliphatic imine (C=N–C) groups is 1. The zero-order valence-corrected chi connectivity index (χ0v) is 7.70. The maximum atomic E-state index is 10.1. The van der Waals surface area contributed by atoms with Crippen molar-refractivity contribution in [2.24, 2.45) is 10.8 Å². The van der Waals surface area contributed by atoms with Crippen LogP contribution in [0.1, 0.15) is 5.56 Å². The van der Waals surface area contributed by atoms with E-state index in [4.69, 9.17) is 11.3 Å². The van der Waals surface area contributed by atoms with Crippen molar-refractivity contribution < 1.29 is 5.03 Å². The van der Waals surface area contributed by atoms with Gasteiger partial charge in [-0.1, -0.05) is 30.3 Å². The van der Waals surface area contributed by atoms with Crippen molar-refractivity contribution in [2.45, 2.75) is 0 Å². The molecule has 1 aromatic carbocycles. The molecule has 0 spiro atoms. The molecule has 0 saturated carbocycles. The smallest absolute Gasteiger partial charge is 0.261 e. The third-order valence-corrected chi connectivity index (χ3v) is 1.53. The van der Waals surface area contributed by atoms with Crippen LogP contribution < -0.4 is 5.84 Å². The van der Waals surface area contributed by atoms with Crippen LogP contribution in [0.5, 0.6) is 0 Å². The maximum Gasteiger partial charge on any atom is 0.300 e. The number of nitrogens with zero attached hydrogens (tertiary/aromatic N) is 3. The van der Waals surface area contributed by atoms with Crippen molar-refractivity contribution >= 4 is 12.2 Å². The number of nitrogens with two attached hydrogens (primary N) is 1. The van der Waals surface area contributed by atoms with Gasteiger partial charge in [0.2, 0.25) is 0 Å². The monoisotopic (exact) mass is 207 g/mol. The highest BCUT2D eigenvalue weighted by Crippen LogP contribution is 1.94. The Kier molecular flexibility index (Phi) is 3.47. The summed E-state index contributed by atoms with van der Waals surface area (Å²) in [6.45, 7) is 0. The van der Waals surface area contributed by atoms with Gasteiger partial charge in [-0.15, -0.1) is 0 Å². The number of hydrazine groups is 2. The summed E-state index contributed by atoms with van der Waals surface area (Å²) in [5.74, 6) is 4.28. The highest BCUT2D eigenvalue weighted by molar-refractivity contribution is 5.91. The lowest BCUT2D eigenvalue weighted by Crippen LogP contribution is -2.40. The molecule has 0 aliphatic rings. The van der Waals surface area contributed by atoms with Crippen LogP contribution in [-0.2, 0) is 0 Å². The van der Waals surface area contributed by atoms with Gasteiger partial charge in [0.1, 0.15) is 0 Å². The van der Waals surface area contributed by atoms with Crippen LogP contribution in [0.15, 0.2) is 35.3 Å². The first-order valence-corrected chi connectivity index (χ1v) is 3.98. The first-order chi connectivity index (χ1) is 7.11. The van der Waals surface area contributed by atoms with E-state index in [0.717, 1.165) is 5.56 Å². The number of nitrogens with one attached hydrogen (secondary N) is 1. The highest BCUT2D eigenvalue weighted by Gasteiger charge is 2.13. The molecule has 15 heavy (non-hydrogen) atoms. The summed E-state index contributed by atoms with van der Waals surface area (Å²) in [5.41, 5.74) is 0.735. The summed E-state index contributed by atoms with van der Waals surface area (Å²) < 4.78 is 0. The predicted molar refractivity (Wildman–Crippen MR) is 54.8 cm³/mol. The Morgan fingerprint density at radius 2 is 2.13 bits per heavy atom. The van der Waals surface area contributed by atoms with E-state index in [0.29, 0.717) is 0 Å². The summed E-state index contributed by atoms with van der Waals surface area (Å²) in [4.78, 5) is 13.7. The third kappa shape index (κ3) is 3.16. The van der Waals surface area contributed by atoms with Crippen molar-refractivity contribution in [1.29, 1.82) is 5.41 Å². The lowest BCUT2D eigenvalue weighted by Gasteiger charge is -2.02. The molecule has 0 aliphatic carbocycles. The molecule has 0 saturated heterocycles. The van der Waals surface area contributed by atoms with Crippen LogP contribution in [0.2, 0.25) is 0 Å². The Bertz CT molecular complexity index is 389. The van der Waals surface area contributed by atoms with E-state index < -0.39 is 11.0 Å². The quantitative estimate of drug-likeness (QED) is 0.240. The average Bonchev–Trinajstić information content (AvgIpc) is 2.26. The molecule has 0 amide bonds. The number of hydrogen-bond donors (Lipinski definition) is 2. The lowest BCUT2D eigenvalue weighted by atomic mass is 10.2. The molecule has 1 rings (SSSR count).